The van der Waals surface area contributed by atoms with Crippen molar-refractivity contribution in [3.63, 3.8) is 0 Å². The minimum atomic E-state index is -4.89. The highest BCUT2D eigenvalue weighted by Crippen LogP contribution is 2.31. The summed E-state index contributed by atoms with van der Waals surface area (Å²) in [5, 5.41) is 2.38. The number of carbonyl (C=O) groups excluding carboxylic acids is 3. The molecule has 0 aliphatic carbocycles. The minimum Gasteiger partial charge on any atom is -0.466 e. The van der Waals surface area contributed by atoms with Crippen LogP contribution in [0.15, 0.2) is 18.2 Å². The average Bonchev–Trinajstić information content (AvgIpc) is 2.68. The maximum atomic E-state index is 12.6. The Morgan fingerprint density at radius 2 is 1.79 bits per heavy atom. The summed E-state index contributed by atoms with van der Waals surface area (Å²) in [6.07, 6.45) is -5.06. The SMILES string of the molecule is CCOC(=O)CCCNC(=O)CCN(Cc1ccc(OC(F)(F)F)c(Cl)c1)C(=O)OC(C)(C)C. The van der Waals surface area contributed by atoms with E-state index in [2.05, 4.69) is 10.1 Å². The van der Waals surface area contributed by atoms with E-state index >= 15 is 0 Å². The number of hydrogen-bond donors (Lipinski definition) is 1. The highest BCUT2D eigenvalue weighted by atomic mass is 35.5. The second-order valence-electron chi connectivity index (χ2n) is 8.22. The number of amides is 2. The quantitative estimate of drug-likeness (QED) is 0.338. The van der Waals surface area contributed by atoms with Crippen LogP contribution < -0.4 is 10.1 Å². The zero-order valence-electron chi connectivity index (χ0n) is 19.6. The number of carbonyl (C=O) groups is 3. The molecule has 0 atom stereocenters. The van der Waals surface area contributed by atoms with E-state index in [1.54, 1.807) is 27.7 Å². The van der Waals surface area contributed by atoms with Crippen molar-refractivity contribution in [2.75, 3.05) is 19.7 Å². The Labute approximate surface area is 201 Å². The lowest BCUT2D eigenvalue weighted by atomic mass is 10.2. The number of esters is 1. The van der Waals surface area contributed by atoms with Crippen molar-refractivity contribution < 1.29 is 41.8 Å². The van der Waals surface area contributed by atoms with Crippen LogP contribution in [0.1, 0.15) is 52.5 Å². The maximum absolute atomic E-state index is 12.6. The van der Waals surface area contributed by atoms with E-state index in [-0.39, 0.29) is 56.0 Å². The van der Waals surface area contributed by atoms with Gasteiger partial charge >= 0.3 is 18.4 Å². The smallest absolute Gasteiger partial charge is 0.466 e. The molecule has 192 valence electrons. The second-order valence-corrected chi connectivity index (χ2v) is 8.63. The van der Waals surface area contributed by atoms with Gasteiger partial charge in [-0.05, 0) is 51.8 Å². The third-order valence-electron chi connectivity index (χ3n) is 4.04. The van der Waals surface area contributed by atoms with Crippen molar-refractivity contribution in [3.8, 4) is 5.75 Å². The number of nitrogens with zero attached hydrogens (tertiary/aromatic N) is 1. The molecule has 8 nitrogen and oxygen atoms in total. The number of rotatable bonds is 11. The molecular weight excluding hydrogens is 481 g/mol. The van der Waals surface area contributed by atoms with Gasteiger partial charge in [0.25, 0.3) is 0 Å². The van der Waals surface area contributed by atoms with Crippen molar-refractivity contribution in [1.82, 2.24) is 10.2 Å². The van der Waals surface area contributed by atoms with Gasteiger partial charge in [-0.25, -0.2) is 4.79 Å². The molecule has 0 unspecified atom stereocenters. The van der Waals surface area contributed by atoms with Gasteiger partial charge in [0, 0.05) is 32.5 Å². The Morgan fingerprint density at radius 3 is 2.35 bits per heavy atom. The monoisotopic (exact) mass is 510 g/mol. The van der Waals surface area contributed by atoms with E-state index in [0.29, 0.717) is 12.0 Å². The minimum absolute atomic E-state index is 0.0168. The molecular formula is C22H30ClF3N2O6. The second kappa shape index (κ2) is 13.3. The first kappa shape index (κ1) is 29.3. The predicted molar refractivity (Wildman–Crippen MR) is 118 cm³/mol. The summed E-state index contributed by atoms with van der Waals surface area (Å²) in [4.78, 5) is 37.3. The van der Waals surface area contributed by atoms with E-state index in [1.165, 1.54) is 17.0 Å². The van der Waals surface area contributed by atoms with Crippen molar-refractivity contribution in [1.29, 1.82) is 0 Å². The number of alkyl halides is 3. The molecule has 0 saturated carbocycles. The summed E-state index contributed by atoms with van der Waals surface area (Å²) >= 11 is 5.89. The van der Waals surface area contributed by atoms with Crippen LogP contribution in [0.5, 0.6) is 5.75 Å². The normalized spacial score (nSPS) is 11.5. The van der Waals surface area contributed by atoms with E-state index in [0.717, 1.165) is 6.07 Å². The van der Waals surface area contributed by atoms with Crippen molar-refractivity contribution >= 4 is 29.6 Å². The molecule has 1 N–H and O–H groups in total. The molecule has 12 heteroatoms. The summed E-state index contributed by atoms with van der Waals surface area (Å²) in [7, 11) is 0. The fraction of sp³-hybridized carbons (Fsp3) is 0.591. The van der Waals surface area contributed by atoms with Crippen LogP contribution in [-0.4, -0.2) is 54.5 Å². The molecule has 0 bridgehead atoms. The van der Waals surface area contributed by atoms with Crippen LogP contribution in [0.3, 0.4) is 0 Å². The Balaban J connectivity index is 2.75. The lowest BCUT2D eigenvalue weighted by Crippen LogP contribution is -2.39. The first-order chi connectivity index (χ1) is 15.7. The molecule has 1 aromatic carbocycles. The van der Waals surface area contributed by atoms with Gasteiger partial charge in [0.1, 0.15) is 11.4 Å². The van der Waals surface area contributed by atoms with Crippen molar-refractivity contribution in [2.45, 2.75) is 65.5 Å². The van der Waals surface area contributed by atoms with E-state index in [4.69, 9.17) is 21.1 Å². The molecule has 0 heterocycles. The number of nitrogens with one attached hydrogen (secondary N) is 1. The Kier molecular flexibility index (Phi) is 11.4. The molecule has 0 saturated heterocycles. The summed E-state index contributed by atoms with van der Waals surface area (Å²) in [5.41, 5.74) is -0.382. The summed E-state index contributed by atoms with van der Waals surface area (Å²) in [5.74, 6) is -1.26. The average molecular weight is 511 g/mol. The summed E-state index contributed by atoms with van der Waals surface area (Å²) < 4.78 is 51.4. The first-order valence-corrected chi connectivity index (χ1v) is 11.0. The molecule has 0 aromatic heterocycles. The van der Waals surface area contributed by atoms with Gasteiger partial charge in [-0.15, -0.1) is 13.2 Å². The predicted octanol–water partition coefficient (Wildman–Crippen LogP) is 4.83. The fourth-order valence-electron chi connectivity index (χ4n) is 2.65. The van der Waals surface area contributed by atoms with Crippen molar-refractivity contribution in [3.05, 3.63) is 28.8 Å². The van der Waals surface area contributed by atoms with E-state index in [9.17, 15) is 27.6 Å². The van der Waals surface area contributed by atoms with Crippen LogP contribution in [0.2, 0.25) is 5.02 Å². The van der Waals surface area contributed by atoms with Crippen LogP contribution in [-0.2, 0) is 25.6 Å². The van der Waals surface area contributed by atoms with E-state index in [1.807, 2.05) is 0 Å². The summed E-state index contributed by atoms with van der Waals surface area (Å²) in [6.45, 7) is 7.22. The number of halogens is 4. The van der Waals surface area contributed by atoms with Crippen LogP contribution >= 0.6 is 11.6 Å². The molecule has 1 rings (SSSR count). The van der Waals surface area contributed by atoms with Gasteiger partial charge in [0.15, 0.2) is 0 Å². The summed E-state index contributed by atoms with van der Waals surface area (Å²) in [6, 6.07) is 3.63. The highest BCUT2D eigenvalue weighted by molar-refractivity contribution is 6.32. The van der Waals surface area contributed by atoms with Gasteiger partial charge < -0.3 is 24.4 Å². The highest BCUT2D eigenvalue weighted by Gasteiger charge is 2.32. The number of ether oxygens (including phenoxy) is 3. The maximum Gasteiger partial charge on any atom is 0.573 e. The molecule has 0 fully saturated rings. The third-order valence-corrected chi connectivity index (χ3v) is 4.34. The van der Waals surface area contributed by atoms with Crippen LogP contribution in [0.4, 0.5) is 18.0 Å². The molecule has 0 spiro atoms. The third kappa shape index (κ3) is 12.5. The molecule has 1 aromatic rings. The lowest BCUT2D eigenvalue weighted by molar-refractivity contribution is -0.274. The van der Waals surface area contributed by atoms with Gasteiger partial charge in [0.2, 0.25) is 5.91 Å². The van der Waals surface area contributed by atoms with Crippen LogP contribution in [0.25, 0.3) is 0 Å². The Morgan fingerprint density at radius 1 is 1.12 bits per heavy atom. The van der Waals surface area contributed by atoms with Crippen LogP contribution in [0, 0.1) is 0 Å². The Bertz CT molecular complexity index is 843. The molecule has 0 radical (unpaired) electrons. The molecule has 2 amide bonds. The zero-order valence-corrected chi connectivity index (χ0v) is 20.3. The number of hydrogen-bond acceptors (Lipinski definition) is 6. The molecule has 0 aliphatic heterocycles. The standard InChI is InChI=1S/C22H30ClF3N2O6/c1-5-32-19(30)7-6-11-27-18(29)10-12-28(20(31)34-21(2,3)4)14-15-8-9-17(16(23)13-15)33-22(24,25)26/h8-9,13H,5-7,10-12,14H2,1-4H3,(H,27,29). The molecule has 34 heavy (non-hydrogen) atoms. The van der Waals surface area contributed by atoms with Crippen molar-refractivity contribution in [2.24, 2.45) is 0 Å². The largest absolute Gasteiger partial charge is 0.573 e. The lowest BCUT2D eigenvalue weighted by Gasteiger charge is -2.27. The van der Waals surface area contributed by atoms with Gasteiger partial charge in [-0.3, -0.25) is 9.59 Å². The number of benzene rings is 1. The topological polar surface area (TPSA) is 94.2 Å². The first-order valence-electron chi connectivity index (χ1n) is 10.6. The van der Waals surface area contributed by atoms with Gasteiger partial charge in [0.05, 0.1) is 11.6 Å². The Hall–Kier alpha value is -2.69. The fourth-order valence-corrected chi connectivity index (χ4v) is 2.89. The van der Waals surface area contributed by atoms with Gasteiger partial charge in [-0.2, -0.15) is 0 Å². The van der Waals surface area contributed by atoms with Gasteiger partial charge in [-0.1, -0.05) is 17.7 Å². The zero-order chi connectivity index (χ0) is 25.9. The molecule has 0 aliphatic rings. The van der Waals surface area contributed by atoms with E-state index < -0.39 is 23.8 Å².